The average molecular weight is 651 g/mol. The molecule has 0 N–H and O–H groups in total. The highest BCUT2D eigenvalue weighted by Gasteiger charge is 2.44. The van der Waals surface area contributed by atoms with Gasteiger partial charge in [0.25, 0.3) is 0 Å². The van der Waals surface area contributed by atoms with Crippen molar-refractivity contribution in [1.82, 2.24) is 9.80 Å². The molecule has 2 nitrogen and oxygen atoms in total. The van der Waals surface area contributed by atoms with E-state index in [1.807, 2.05) is 107 Å². The van der Waals surface area contributed by atoms with Gasteiger partial charge in [-0.25, -0.2) is 8.78 Å². The maximum atomic E-state index is 15.2. The predicted molar refractivity (Wildman–Crippen MR) is 209 cm³/mol. The van der Waals surface area contributed by atoms with Gasteiger partial charge in [-0.3, -0.25) is 4.90 Å². The lowest BCUT2D eigenvalue weighted by molar-refractivity contribution is -0.0356. The van der Waals surface area contributed by atoms with E-state index in [0.29, 0.717) is 31.5 Å². The fourth-order valence-corrected chi connectivity index (χ4v) is 5.17. The number of piperidine rings is 1. The molecule has 4 heteroatoms. The van der Waals surface area contributed by atoms with Crippen molar-refractivity contribution in [1.29, 1.82) is 0 Å². The first-order chi connectivity index (χ1) is 22.2. The number of likely N-dealkylation sites (tertiary alicyclic amines) is 2. The summed E-state index contributed by atoms with van der Waals surface area (Å²) < 4.78 is 28.2. The van der Waals surface area contributed by atoms with Crippen LogP contribution >= 0.6 is 0 Å². The highest BCUT2D eigenvalue weighted by molar-refractivity contribution is 5.25. The van der Waals surface area contributed by atoms with Crippen molar-refractivity contribution in [2.24, 2.45) is 17.8 Å². The van der Waals surface area contributed by atoms with Gasteiger partial charge in [0.2, 0.25) is 0 Å². The van der Waals surface area contributed by atoms with Gasteiger partial charge in [-0.1, -0.05) is 138 Å². The molecule has 1 aliphatic carbocycles. The standard InChI is InChI=1S/C28H42F2N2.C4H8.5C2H6/c1-6-11-23(4)12-10-17-32-21-28(30,22-32)20-31-18-15-26(16-19-31)27(8-3)25(7-2)14-9-13-24(5)29;1-4-2-3-4;5*1-2/h6-7,9-14,17,26-27H,8,15-16,18-22H2,1-5H3;4H,2-3H2,1H3;5*1-2H3/b11-6-,14-9-,17-10+,23-12-,24-13+,25-7+;;;;;;. The minimum atomic E-state index is -1.10. The Bertz CT molecular complexity index is 828. The first-order valence-electron chi connectivity index (χ1n) is 19.0. The number of rotatable bonds is 10. The second-order valence-electron chi connectivity index (χ2n) is 11.0. The molecule has 0 bridgehead atoms. The van der Waals surface area contributed by atoms with E-state index in [9.17, 15) is 4.39 Å². The summed E-state index contributed by atoms with van der Waals surface area (Å²) in [5.74, 6) is 1.99. The summed E-state index contributed by atoms with van der Waals surface area (Å²) in [7, 11) is 0. The average Bonchev–Trinajstić information content (AvgIpc) is 3.87. The summed E-state index contributed by atoms with van der Waals surface area (Å²) in [6.45, 7) is 35.5. The zero-order valence-corrected chi connectivity index (χ0v) is 33.6. The van der Waals surface area contributed by atoms with E-state index in [2.05, 4.69) is 55.7 Å². The summed E-state index contributed by atoms with van der Waals surface area (Å²) in [6, 6.07) is 0. The minimum absolute atomic E-state index is 0.177. The van der Waals surface area contributed by atoms with Crippen LogP contribution in [0.25, 0.3) is 0 Å². The molecular weight excluding hydrogens is 570 g/mol. The molecule has 272 valence electrons. The van der Waals surface area contributed by atoms with Gasteiger partial charge < -0.3 is 4.90 Å². The summed E-state index contributed by atoms with van der Waals surface area (Å²) in [5.41, 5.74) is 1.37. The van der Waals surface area contributed by atoms with Crippen LogP contribution in [0.5, 0.6) is 0 Å². The maximum Gasteiger partial charge on any atom is 0.158 e. The molecule has 0 amide bonds. The molecule has 1 atom stereocenters. The molecule has 2 saturated heterocycles. The van der Waals surface area contributed by atoms with Crippen molar-refractivity contribution in [3.63, 3.8) is 0 Å². The van der Waals surface area contributed by atoms with E-state index < -0.39 is 5.67 Å². The van der Waals surface area contributed by atoms with Crippen LogP contribution in [0.2, 0.25) is 0 Å². The Balaban J connectivity index is -0.000000539. The lowest BCUT2D eigenvalue weighted by Gasteiger charge is -2.47. The van der Waals surface area contributed by atoms with Crippen molar-refractivity contribution in [3.8, 4) is 0 Å². The summed E-state index contributed by atoms with van der Waals surface area (Å²) in [6.07, 6.45) is 23.9. The molecule has 1 saturated carbocycles. The lowest BCUT2D eigenvalue weighted by atomic mass is 9.77. The third-order valence-electron chi connectivity index (χ3n) is 7.45. The number of hydrogen-bond donors (Lipinski definition) is 0. The van der Waals surface area contributed by atoms with Crippen LogP contribution in [0.3, 0.4) is 0 Å². The van der Waals surface area contributed by atoms with Crippen LogP contribution < -0.4 is 0 Å². The molecule has 3 rings (SSSR count). The molecule has 2 heterocycles. The minimum Gasteiger partial charge on any atom is -0.371 e. The molecule has 3 fully saturated rings. The van der Waals surface area contributed by atoms with Crippen LogP contribution in [0.15, 0.2) is 71.8 Å². The molecule has 2 aliphatic heterocycles. The largest absolute Gasteiger partial charge is 0.371 e. The molecule has 46 heavy (non-hydrogen) atoms. The van der Waals surface area contributed by atoms with Crippen molar-refractivity contribution >= 4 is 0 Å². The second-order valence-corrected chi connectivity index (χ2v) is 11.0. The zero-order valence-electron chi connectivity index (χ0n) is 33.6. The van der Waals surface area contributed by atoms with E-state index in [0.717, 1.165) is 38.3 Å². The quantitative estimate of drug-likeness (QED) is 0.217. The number of hydrogen-bond acceptors (Lipinski definition) is 2. The normalized spacial score (nSPS) is 18.9. The van der Waals surface area contributed by atoms with Crippen LogP contribution in [0.4, 0.5) is 8.78 Å². The van der Waals surface area contributed by atoms with Gasteiger partial charge in [-0.2, -0.15) is 0 Å². The van der Waals surface area contributed by atoms with Gasteiger partial charge >= 0.3 is 0 Å². The van der Waals surface area contributed by atoms with E-state index >= 15 is 4.39 Å². The fraction of sp³-hybridized carbons (Fsp3) is 0.714. The van der Waals surface area contributed by atoms with E-state index in [-0.39, 0.29) is 5.83 Å². The summed E-state index contributed by atoms with van der Waals surface area (Å²) in [5, 5.41) is 0. The highest BCUT2D eigenvalue weighted by Crippen LogP contribution is 2.35. The first kappa shape index (κ1) is 50.9. The van der Waals surface area contributed by atoms with Crippen LogP contribution in [-0.4, -0.2) is 48.2 Å². The SMILES string of the molecule is CC.CC.CC.CC.CC.CC1CC1.C\C=C/C(C)=C\C=C\N1CC(F)(CN2CCC(C(CC)C(/C=C\C=C(/C)F)=C/C)CC2)C1. The van der Waals surface area contributed by atoms with Crippen molar-refractivity contribution in [2.75, 3.05) is 32.7 Å². The van der Waals surface area contributed by atoms with E-state index in [4.69, 9.17) is 0 Å². The van der Waals surface area contributed by atoms with Gasteiger partial charge in [-0.05, 0) is 102 Å². The van der Waals surface area contributed by atoms with Crippen LogP contribution in [0, 0.1) is 17.8 Å². The Labute approximate surface area is 288 Å². The van der Waals surface area contributed by atoms with E-state index in [1.54, 1.807) is 0 Å². The Morgan fingerprint density at radius 3 is 1.70 bits per heavy atom. The summed E-state index contributed by atoms with van der Waals surface area (Å²) in [4.78, 5) is 4.36. The van der Waals surface area contributed by atoms with E-state index in [1.165, 1.54) is 37.0 Å². The van der Waals surface area contributed by atoms with Gasteiger partial charge in [0.05, 0.1) is 18.9 Å². The smallest absolute Gasteiger partial charge is 0.158 e. The molecule has 1 unspecified atom stereocenters. The maximum absolute atomic E-state index is 15.2. The predicted octanol–water partition coefficient (Wildman–Crippen LogP) is 13.7. The third kappa shape index (κ3) is 25.2. The topological polar surface area (TPSA) is 6.48 Å². The van der Waals surface area contributed by atoms with Crippen molar-refractivity contribution < 1.29 is 8.78 Å². The van der Waals surface area contributed by atoms with Gasteiger partial charge in [0.15, 0.2) is 5.67 Å². The molecular formula is C42H80F2N2. The van der Waals surface area contributed by atoms with Crippen molar-refractivity contribution in [2.45, 2.75) is 149 Å². The Hall–Kier alpha value is -1.94. The molecule has 0 radical (unpaired) electrons. The number of nitrogens with zero attached hydrogens (tertiary/aromatic N) is 2. The van der Waals surface area contributed by atoms with Gasteiger partial charge in [0.1, 0.15) is 0 Å². The van der Waals surface area contributed by atoms with Crippen molar-refractivity contribution in [3.05, 3.63) is 71.8 Å². The highest BCUT2D eigenvalue weighted by atomic mass is 19.1. The zero-order chi connectivity index (χ0) is 36.6. The molecule has 0 aromatic carbocycles. The number of alkyl halides is 1. The molecule has 3 aliphatic rings. The Morgan fingerprint density at radius 1 is 0.804 bits per heavy atom. The van der Waals surface area contributed by atoms with Crippen LogP contribution in [0.1, 0.15) is 143 Å². The third-order valence-corrected chi connectivity index (χ3v) is 7.45. The fourth-order valence-electron chi connectivity index (χ4n) is 5.17. The number of halogens is 2. The molecule has 0 aromatic rings. The second kappa shape index (κ2) is 34.4. The Morgan fingerprint density at radius 2 is 1.30 bits per heavy atom. The van der Waals surface area contributed by atoms with Crippen LogP contribution in [-0.2, 0) is 0 Å². The first-order valence-corrected chi connectivity index (χ1v) is 19.0. The molecule has 0 aromatic heterocycles. The Kier molecular flexibility index (Phi) is 38.1. The number of allylic oxidation sites excluding steroid dienone is 11. The molecule has 0 spiro atoms. The summed E-state index contributed by atoms with van der Waals surface area (Å²) >= 11 is 0. The van der Waals surface area contributed by atoms with Gasteiger partial charge in [0, 0.05) is 6.54 Å². The monoisotopic (exact) mass is 651 g/mol. The lowest BCUT2D eigenvalue weighted by Crippen LogP contribution is -2.62. The van der Waals surface area contributed by atoms with Gasteiger partial charge in [-0.15, -0.1) is 0 Å².